The number of hydrogen-bond acceptors (Lipinski definition) is 4. The predicted octanol–water partition coefficient (Wildman–Crippen LogP) is 1.33. The third kappa shape index (κ3) is 2.94. The molecule has 94 valence electrons. The van der Waals surface area contributed by atoms with Gasteiger partial charge in [-0.05, 0) is 0 Å². The Kier molecular flexibility index (Phi) is 4.45. The monoisotopic (exact) mass is 248 g/mol. The Labute approximate surface area is 95.6 Å². The number of nitrogens with zero attached hydrogens (tertiary/aromatic N) is 1. The molecule has 0 aliphatic heterocycles. The molecular weight excluding hydrogens is 237 g/mol. The number of rotatable bonds is 4. The molecule has 0 atom stereocenters. The van der Waals surface area contributed by atoms with Gasteiger partial charge in [0, 0.05) is 17.7 Å². The number of ether oxygens (including phenoxy) is 1. The van der Waals surface area contributed by atoms with Gasteiger partial charge in [-0.1, -0.05) is 0 Å². The molecule has 0 aliphatic carbocycles. The second kappa shape index (κ2) is 5.62. The molecule has 1 aromatic rings. The van der Waals surface area contributed by atoms with Gasteiger partial charge >= 0.3 is 5.97 Å². The van der Waals surface area contributed by atoms with Crippen LogP contribution in [0, 0.1) is 5.82 Å². The Bertz CT molecular complexity index is 424. The largest absolute Gasteiger partial charge is 0.469 e. The lowest BCUT2D eigenvalue weighted by atomic mass is 10.0. The summed E-state index contributed by atoms with van der Waals surface area (Å²) in [5.74, 6) is -1.63. The summed E-state index contributed by atoms with van der Waals surface area (Å²) in [6.07, 6.45) is -2.62. The smallest absolute Gasteiger partial charge is 0.311 e. The van der Waals surface area contributed by atoms with Crippen LogP contribution in [0.2, 0.25) is 0 Å². The number of alkyl halides is 2. The van der Waals surface area contributed by atoms with E-state index >= 15 is 0 Å². The Hall–Kier alpha value is -1.63. The maximum absolute atomic E-state index is 13.2. The summed E-state index contributed by atoms with van der Waals surface area (Å²) in [6, 6.07) is 0. The molecule has 0 spiro atoms. The standard InChI is InChI=1S/C10H11F3N2O2/c1-17-8(16)2-7-9(10(12)13)5(3-14)6(11)4-15-7/h4,10H,2-3,14H2,1H3. The van der Waals surface area contributed by atoms with Crippen LogP contribution in [-0.4, -0.2) is 18.1 Å². The number of halogens is 3. The van der Waals surface area contributed by atoms with Crippen molar-refractivity contribution in [1.29, 1.82) is 0 Å². The summed E-state index contributed by atoms with van der Waals surface area (Å²) in [5.41, 5.74) is 4.04. The summed E-state index contributed by atoms with van der Waals surface area (Å²) in [4.78, 5) is 14.5. The first-order valence-electron chi connectivity index (χ1n) is 4.72. The van der Waals surface area contributed by atoms with Crippen LogP contribution in [0.4, 0.5) is 13.2 Å². The van der Waals surface area contributed by atoms with Crippen molar-refractivity contribution in [3.05, 3.63) is 28.8 Å². The molecule has 4 nitrogen and oxygen atoms in total. The Morgan fingerprint density at radius 2 is 2.24 bits per heavy atom. The van der Waals surface area contributed by atoms with Crippen LogP contribution in [0.15, 0.2) is 6.20 Å². The van der Waals surface area contributed by atoms with Crippen molar-refractivity contribution in [2.45, 2.75) is 19.4 Å². The highest BCUT2D eigenvalue weighted by atomic mass is 19.3. The van der Waals surface area contributed by atoms with Crippen molar-refractivity contribution in [3.63, 3.8) is 0 Å². The molecule has 1 rings (SSSR count). The lowest BCUT2D eigenvalue weighted by molar-refractivity contribution is -0.139. The third-order valence-electron chi connectivity index (χ3n) is 2.22. The summed E-state index contributed by atoms with van der Waals surface area (Å²) in [5, 5.41) is 0. The minimum atomic E-state index is -2.95. The molecule has 0 aliphatic rings. The number of hydrogen-bond donors (Lipinski definition) is 1. The summed E-state index contributed by atoms with van der Waals surface area (Å²) in [7, 11) is 1.12. The lowest BCUT2D eigenvalue weighted by Crippen LogP contribution is -2.14. The zero-order valence-electron chi connectivity index (χ0n) is 9.04. The average molecular weight is 248 g/mol. The van der Waals surface area contributed by atoms with Crippen LogP contribution in [0.5, 0.6) is 0 Å². The van der Waals surface area contributed by atoms with Crippen LogP contribution in [0.25, 0.3) is 0 Å². The van der Waals surface area contributed by atoms with Gasteiger partial charge in [0.1, 0.15) is 5.82 Å². The second-order valence-electron chi connectivity index (χ2n) is 3.20. The van der Waals surface area contributed by atoms with Crippen LogP contribution < -0.4 is 5.73 Å². The number of carbonyl (C=O) groups excluding carboxylic acids is 1. The first-order chi connectivity index (χ1) is 8.01. The fourth-order valence-electron chi connectivity index (χ4n) is 1.40. The first kappa shape index (κ1) is 13.4. The van der Waals surface area contributed by atoms with Crippen LogP contribution in [0.1, 0.15) is 23.2 Å². The fourth-order valence-corrected chi connectivity index (χ4v) is 1.40. The van der Waals surface area contributed by atoms with Gasteiger partial charge in [-0.25, -0.2) is 13.2 Å². The Morgan fingerprint density at radius 1 is 1.59 bits per heavy atom. The van der Waals surface area contributed by atoms with Gasteiger partial charge in [-0.15, -0.1) is 0 Å². The van der Waals surface area contributed by atoms with E-state index in [0.717, 1.165) is 13.3 Å². The van der Waals surface area contributed by atoms with E-state index in [1.165, 1.54) is 0 Å². The number of pyridine rings is 1. The van der Waals surface area contributed by atoms with Crippen molar-refractivity contribution >= 4 is 5.97 Å². The molecule has 0 aromatic carbocycles. The molecular formula is C10H11F3N2O2. The van der Waals surface area contributed by atoms with Crippen molar-refractivity contribution in [2.24, 2.45) is 5.73 Å². The third-order valence-corrected chi connectivity index (χ3v) is 2.22. The normalized spacial score (nSPS) is 10.7. The van der Waals surface area contributed by atoms with Gasteiger partial charge in [0.2, 0.25) is 0 Å². The molecule has 7 heteroatoms. The number of esters is 1. The number of aromatic nitrogens is 1. The summed E-state index contributed by atoms with van der Waals surface area (Å²) < 4.78 is 43.2. The maximum atomic E-state index is 13.2. The quantitative estimate of drug-likeness (QED) is 0.816. The molecule has 2 N–H and O–H groups in total. The van der Waals surface area contributed by atoms with Crippen LogP contribution in [0.3, 0.4) is 0 Å². The second-order valence-corrected chi connectivity index (χ2v) is 3.20. The highest BCUT2D eigenvalue weighted by Gasteiger charge is 2.23. The highest BCUT2D eigenvalue weighted by molar-refractivity contribution is 5.72. The Balaban J connectivity index is 3.25. The minimum absolute atomic E-state index is 0.214. The zero-order chi connectivity index (χ0) is 13.0. The molecule has 0 amide bonds. The number of nitrogens with two attached hydrogens (primary N) is 1. The number of carbonyl (C=O) groups is 1. The van der Waals surface area contributed by atoms with Gasteiger partial charge in [0.25, 0.3) is 6.43 Å². The van der Waals surface area contributed by atoms with Crippen molar-refractivity contribution in [3.8, 4) is 0 Å². The minimum Gasteiger partial charge on any atom is -0.469 e. The molecule has 0 radical (unpaired) electrons. The molecule has 0 saturated heterocycles. The predicted molar refractivity (Wildman–Crippen MR) is 52.8 cm³/mol. The SMILES string of the molecule is COC(=O)Cc1ncc(F)c(CN)c1C(F)F. The van der Waals surface area contributed by atoms with Gasteiger partial charge in [-0.3, -0.25) is 9.78 Å². The summed E-state index contributed by atoms with van der Waals surface area (Å²) >= 11 is 0. The van der Waals surface area contributed by atoms with Crippen molar-refractivity contribution < 1.29 is 22.7 Å². The van der Waals surface area contributed by atoms with E-state index in [2.05, 4.69) is 9.72 Å². The van der Waals surface area contributed by atoms with Crippen LogP contribution >= 0.6 is 0 Å². The van der Waals surface area contributed by atoms with Gasteiger partial charge in [0.05, 0.1) is 25.4 Å². The molecule has 17 heavy (non-hydrogen) atoms. The Morgan fingerprint density at radius 3 is 2.71 bits per heavy atom. The molecule has 0 saturated carbocycles. The number of methoxy groups -OCH3 is 1. The van der Waals surface area contributed by atoms with Gasteiger partial charge in [0.15, 0.2) is 0 Å². The highest BCUT2D eigenvalue weighted by Crippen LogP contribution is 2.27. The van der Waals surface area contributed by atoms with E-state index in [9.17, 15) is 18.0 Å². The molecule has 0 fully saturated rings. The van der Waals surface area contributed by atoms with E-state index in [0.29, 0.717) is 0 Å². The topological polar surface area (TPSA) is 65.2 Å². The van der Waals surface area contributed by atoms with E-state index in [4.69, 9.17) is 5.73 Å². The zero-order valence-corrected chi connectivity index (χ0v) is 9.04. The van der Waals surface area contributed by atoms with E-state index in [-0.39, 0.29) is 17.8 Å². The average Bonchev–Trinajstić information content (AvgIpc) is 2.30. The van der Waals surface area contributed by atoms with Gasteiger partial charge in [-0.2, -0.15) is 0 Å². The molecule has 0 bridgehead atoms. The van der Waals surface area contributed by atoms with Crippen LogP contribution in [-0.2, 0) is 22.5 Å². The maximum Gasteiger partial charge on any atom is 0.311 e. The molecule has 1 heterocycles. The van der Waals surface area contributed by atoms with Crippen molar-refractivity contribution in [1.82, 2.24) is 4.98 Å². The first-order valence-corrected chi connectivity index (χ1v) is 4.72. The van der Waals surface area contributed by atoms with E-state index < -0.39 is 30.2 Å². The summed E-state index contributed by atoms with van der Waals surface area (Å²) in [6.45, 7) is -0.387. The van der Waals surface area contributed by atoms with Gasteiger partial charge < -0.3 is 10.5 Å². The molecule has 0 unspecified atom stereocenters. The molecule has 1 aromatic heterocycles. The lowest BCUT2D eigenvalue weighted by Gasteiger charge is -2.12. The fraction of sp³-hybridized carbons (Fsp3) is 0.400. The van der Waals surface area contributed by atoms with E-state index in [1.54, 1.807) is 0 Å². The van der Waals surface area contributed by atoms with E-state index in [1.807, 2.05) is 0 Å². The van der Waals surface area contributed by atoms with Crippen molar-refractivity contribution in [2.75, 3.05) is 7.11 Å².